The predicted molar refractivity (Wildman–Crippen MR) is 85.0 cm³/mol. The van der Waals surface area contributed by atoms with Crippen molar-refractivity contribution in [3.63, 3.8) is 0 Å². The molecular weight excluding hydrogens is 246 g/mol. The van der Waals surface area contributed by atoms with Crippen LogP contribution in [0.4, 0.5) is 0 Å². The topological polar surface area (TPSA) is 21.3 Å². The average Bonchev–Trinajstić information content (AvgIpc) is 2.96. The van der Waals surface area contributed by atoms with E-state index in [0.717, 1.165) is 26.0 Å². The SMILES string of the molecule is CCCNC(c1ccc(CC)cc1)C1CCOC1CC. The van der Waals surface area contributed by atoms with Crippen LogP contribution in [-0.4, -0.2) is 19.3 Å². The number of ether oxygens (including phenoxy) is 1. The molecule has 1 N–H and O–H groups in total. The molecule has 2 rings (SSSR count). The van der Waals surface area contributed by atoms with Gasteiger partial charge >= 0.3 is 0 Å². The summed E-state index contributed by atoms with van der Waals surface area (Å²) in [6.07, 6.45) is 4.98. The van der Waals surface area contributed by atoms with E-state index in [2.05, 4.69) is 50.4 Å². The van der Waals surface area contributed by atoms with Crippen LogP contribution in [-0.2, 0) is 11.2 Å². The Hall–Kier alpha value is -0.860. The maximum absolute atomic E-state index is 5.90. The normalized spacial score (nSPS) is 23.9. The van der Waals surface area contributed by atoms with Crippen molar-refractivity contribution < 1.29 is 4.74 Å². The van der Waals surface area contributed by atoms with Crippen LogP contribution in [0.1, 0.15) is 57.2 Å². The second-order valence-corrected chi connectivity index (χ2v) is 5.80. The molecule has 0 bridgehead atoms. The summed E-state index contributed by atoms with van der Waals surface area (Å²) in [6.45, 7) is 8.67. The lowest BCUT2D eigenvalue weighted by atomic mass is 9.86. The van der Waals surface area contributed by atoms with Gasteiger partial charge in [0.15, 0.2) is 0 Å². The zero-order valence-electron chi connectivity index (χ0n) is 13.2. The summed E-state index contributed by atoms with van der Waals surface area (Å²) in [5.41, 5.74) is 2.84. The van der Waals surface area contributed by atoms with Crippen molar-refractivity contribution in [3.05, 3.63) is 35.4 Å². The van der Waals surface area contributed by atoms with Crippen molar-refractivity contribution in [1.29, 1.82) is 0 Å². The zero-order valence-corrected chi connectivity index (χ0v) is 13.2. The van der Waals surface area contributed by atoms with E-state index in [1.807, 2.05) is 0 Å². The van der Waals surface area contributed by atoms with Crippen LogP contribution in [0.3, 0.4) is 0 Å². The Morgan fingerprint density at radius 1 is 1.20 bits per heavy atom. The largest absolute Gasteiger partial charge is 0.378 e. The van der Waals surface area contributed by atoms with Gasteiger partial charge in [-0.2, -0.15) is 0 Å². The van der Waals surface area contributed by atoms with Gasteiger partial charge in [-0.05, 0) is 43.4 Å². The highest BCUT2D eigenvalue weighted by Crippen LogP contribution is 2.35. The molecule has 0 radical (unpaired) electrons. The lowest BCUT2D eigenvalue weighted by Gasteiger charge is -2.28. The van der Waals surface area contributed by atoms with Gasteiger partial charge in [-0.3, -0.25) is 0 Å². The maximum Gasteiger partial charge on any atom is 0.0619 e. The number of benzene rings is 1. The molecule has 0 spiro atoms. The van der Waals surface area contributed by atoms with Gasteiger partial charge in [-0.25, -0.2) is 0 Å². The van der Waals surface area contributed by atoms with E-state index in [4.69, 9.17) is 4.74 Å². The molecule has 3 unspecified atom stereocenters. The smallest absolute Gasteiger partial charge is 0.0619 e. The highest BCUT2D eigenvalue weighted by Gasteiger charge is 2.34. The Morgan fingerprint density at radius 3 is 2.55 bits per heavy atom. The number of hydrogen-bond donors (Lipinski definition) is 1. The third kappa shape index (κ3) is 3.62. The van der Waals surface area contributed by atoms with Crippen LogP contribution in [0, 0.1) is 5.92 Å². The first-order chi connectivity index (χ1) is 9.80. The van der Waals surface area contributed by atoms with Crippen molar-refractivity contribution in [1.82, 2.24) is 5.32 Å². The fourth-order valence-corrected chi connectivity index (χ4v) is 3.24. The van der Waals surface area contributed by atoms with E-state index < -0.39 is 0 Å². The van der Waals surface area contributed by atoms with E-state index in [1.54, 1.807) is 0 Å². The highest BCUT2D eigenvalue weighted by molar-refractivity contribution is 5.26. The minimum atomic E-state index is 0.412. The van der Waals surface area contributed by atoms with Crippen LogP contribution in [0.5, 0.6) is 0 Å². The van der Waals surface area contributed by atoms with E-state index in [-0.39, 0.29) is 0 Å². The Bertz CT molecular complexity index is 387. The monoisotopic (exact) mass is 275 g/mol. The van der Waals surface area contributed by atoms with Crippen molar-refractivity contribution in [2.75, 3.05) is 13.2 Å². The molecule has 112 valence electrons. The van der Waals surface area contributed by atoms with Crippen LogP contribution in [0.2, 0.25) is 0 Å². The second-order valence-electron chi connectivity index (χ2n) is 5.80. The molecule has 1 aromatic rings. The fraction of sp³-hybridized carbons (Fsp3) is 0.667. The molecule has 1 heterocycles. The summed E-state index contributed by atoms with van der Waals surface area (Å²) in [7, 11) is 0. The van der Waals surface area contributed by atoms with Crippen LogP contribution in [0.15, 0.2) is 24.3 Å². The molecule has 1 saturated heterocycles. The second kappa shape index (κ2) is 7.80. The molecule has 2 nitrogen and oxygen atoms in total. The van der Waals surface area contributed by atoms with E-state index >= 15 is 0 Å². The van der Waals surface area contributed by atoms with Crippen molar-refractivity contribution in [2.45, 2.75) is 58.6 Å². The van der Waals surface area contributed by atoms with Crippen molar-refractivity contribution >= 4 is 0 Å². The summed E-state index contributed by atoms with van der Waals surface area (Å²) in [4.78, 5) is 0. The maximum atomic E-state index is 5.90. The minimum Gasteiger partial charge on any atom is -0.378 e. The van der Waals surface area contributed by atoms with Crippen LogP contribution >= 0.6 is 0 Å². The standard InChI is InChI=1S/C18H29NO/c1-4-12-19-18(16-11-13-20-17(16)6-3)15-9-7-14(5-2)8-10-15/h7-10,16-19H,4-6,11-13H2,1-3H3. The first-order valence-electron chi connectivity index (χ1n) is 8.23. The first kappa shape index (κ1) is 15.5. The molecule has 2 heteroatoms. The number of nitrogens with one attached hydrogen (secondary N) is 1. The minimum absolute atomic E-state index is 0.412. The summed E-state index contributed by atoms with van der Waals surface area (Å²) in [6, 6.07) is 9.58. The third-order valence-electron chi connectivity index (χ3n) is 4.45. The van der Waals surface area contributed by atoms with Gasteiger partial charge in [0.25, 0.3) is 0 Å². The number of hydrogen-bond acceptors (Lipinski definition) is 2. The molecule has 1 fully saturated rings. The van der Waals surface area contributed by atoms with Gasteiger partial charge in [0.05, 0.1) is 6.10 Å². The van der Waals surface area contributed by atoms with Crippen molar-refractivity contribution in [2.24, 2.45) is 5.92 Å². The lowest BCUT2D eigenvalue weighted by Crippen LogP contribution is -2.33. The third-order valence-corrected chi connectivity index (χ3v) is 4.45. The Morgan fingerprint density at radius 2 is 1.95 bits per heavy atom. The highest BCUT2D eigenvalue weighted by atomic mass is 16.5. The lowest BCUT2D eigenvalue weighted by molar-refractivity contribution is 0.0774. The van der Waals surface area contributed by atoms with E-state index in [1.165, 1.54) is 24.0 Å². The number of aryl methyl sites for hydroxylation is 1. The average molecular weight is 275 g/mol. The summed E-state index contributed by atoms with van der Waals surface area (Å²) < 4.78 is 5.90. The van der Waals surface area contributed by atoms with Gasteiger partial charge in [-0.15, -0.1) is 0 Å². The Kier molecular flexibility index (Phi) is 6.06. The van der Waals surface area contributed by atoms with Gasteiger partial charge in [-0.1, -0.05) is 45.0 Å². The summed E-state index contributed by atoms with van der Waals surface area (Å²) in [5.74, 6) is 0.610. The Labute approximate surface area is 123 Å². The van der Waals surface area contributed by atoms with Gasteiger partial charge in [0.1, 0.15) is 0 Å². The number of rotatable bonds is 7. The van der Waals surface area contributed by atoms with Gasteiger partial charge < -0.3 is 10.1 Å². The molecule has 20 heavy (non-hydrogen) atoms. The molecule has 1 aromatic carbocycles. The van der Waals surface area contributed by atoms with Crippen LogP contribution < -0.4 is 5.32 Å². The predicted octanol–water partition coefficient (Wildman–Crippen LogP) is 4.10. The quantitative estimate of drug-likeness (QED) is 0.808. The molecule has 0 aromatic heterocycles. The van der Waals surface area contributed by atoms with Gasteiger partial charge in [0.2, 0.25) is 0 Å². The first-order valence-corrected chi connectivity index (χ1v) is 8.23. The van der Waals surface area contributed by atoms with E-state index in [9.17, 15) is 0 Å². The molecule has 1 aliphatic heterocycles. The summed E-state index contributed by atoms with van der Waals surface area (Å²) in [5, 5.41) is 3.75. The van der Waals surface area contributed by atoms with Crippen LogP contribution in [0.25, 0.3) is 0 Å². The molecule has 0 amide bonds. The fourth-order valence-electron chi connectivity index (χ4n) is 3.24. The molecule has 0 aliphatic carbocycles. The molecule has 0 saturated carbocycles. The van der Waals surface area contributed by atoms with Crippen molar-refractivity contribution in [3.8, 4) is 0 Å². The molecular formula is C18H29NO. The molecule has 1 aliphatic rings. The zero-order chi connectivity index (χ0) is 14.4. The Balaban J connectivity index is 2.16. The summed E-state index contributed by atoms with van der Waals surface area (Å²) >= 11 is 0. The van der Waals surface area contributed by atoms with Gasteiger partial charge in [0, 0.05) is 18.6 Å². The van der Waals surface area contributed by atoms with E-state index in [0.29, 0.717) is 18.1 Å². The molecule has 3 atom stereocenters.